The fourth-order valence-corrected chi connectivity index (χ4v) is 6.85. The van der Waals surface area contributed by atoms with E-state index in [0.717, 1.165) is 23.1 Å². The Kier molecular flexibility index (Phi) is 6.97. The molecule has 2 fully saturated rings. The summed E-state index contributed by atoms with van der Waals surface area (Å²) in [7, 11) is -2.03. The number of aryl methyl sites for hydroxylation is 2. The van der Waals surface area contributed by atoms with E-state index in [-0.39, 0.29) is 40.4 Å². The number of rotatable bonds is 8. The lowest BCUT2D eigenvalue weighted by atomic mass is 10.0. The molecule has 1 aromatic carbocycles. The van der Waals surface area contributed by atoms with Crippen molar-refractivity contribution in [2.24, 2.45) is 5.41 Å². The number of aliphatic carboxylic acids is 1. The molecule has 5 rings (SSSR count). The zero-order valence-electron chi connectivity index (χ0n) is 25.1. The van der Waals surface area contributed by atoms with Crippen molar-refractivity contribution in [3.05, 3.63) is 41.6 Å². The molecule has 3 heterocycles. The average Bonchev–Trinajstić information content (AvgIpc) is 3.28. The number of amides is 1. The first-order valence-electron chi connectivity index (χ1n) is 14.0. The van der Waals surface area contributed by atoms with Crippen LogP contribution >= 0.6 is 0 Å². The van der Waals surface area contributed by atoms with Crippen LogP contribution in [0, 0.1) is 19.3 Å². The lowest BCUT2D eigenvalue weighted by molar-refractivity contribution is -0.149. The molecule has 3 aromatic rings. The van der Waals surface area contributed by atoms with Crippen molar-refractivity contribution >= 4 is 36.9 Å². The predicted molar refractivity (Wildman–Crippen MR) is 157 cm³/mol. The van der Waals surface area contributed by atoms with Gasteiger partial charge in [0.1, 0.15) is 24.1 Å². The van der Waals surface area contributed by atoms with Gasteiger partial charge in [0, 0.05) is 48.3 Å². The Morgan fingerprint density at radius 1 is 1.10 bits per heavy atom. The summed E-state index contributed by atoms with van der Waals surface area (Å²) in [5, 5.41) is 15.3. The Hall–Kier alpha value is -3.44. The number of benzene rings is 1. The SMILES string of the molecule is CC(=O)c1nn(CC(=O)N2[C@H](C(=O)O)C[C@@]3(CO[Si](C)(C)C(C)(C)C)C[C@@H]23)c2c(C)cc(-c3cnc(C)nc3)cc12. The number of piperidine rings is 1. The van der Waals surface area contributed by atoms with Crippen LogP contribution in [0.15, 0.2) is 24.5 Å². The summed E-state index contributed by atoms with van der Waals surface area (Å²) in [6.45, 7) is 16.4. The second kappa shape index (κ2) is 9.83. The van der Waals surface area contributed by atoms with Gasteiger partial charge in [-0.1, -0.05) is 20.8 Å². The number of likely N-dealkylation sites (tertiary alicyclic amines) is 1. The largest absolute Gasteiger partial charge is 0.480 e. The van der Waals surface area contributed by atoms with Gasteiger partial charge in [-0.05, 0) is 68.1 Å². The molecule has 1 N–H and O–H groups in total. The van der Waals surface area contributed by atoms with Gasteiger partial charge in [-0.3, -0.25) is 14.3 Å². The lowest BCUT2D eigenvalue weighted by Crippen LogP contribution is -2.44. The number of carboxylic acids is 1. The van der Waals surface area contributed by atoms with Gasteiger partial charge >= 0.3 is 5.97 Å². The number of ketones is 1. The van der Waals surface area contributed by atoms with E-state index in [4.69, 9.17) is 4.43 Å². The van der Waals surface area contributed by atoms with Crippen molar-refractivity contribution in [2.75, 3.05) is 6.61 Å². The van der Waals surface area contributed by atoms with E-state index < -0.39 is 20.3 Å². The summed E-state index contributed by atoms with van der Waals surface area (Å²) in [6.07, 6.45) is 4.59. The highest BCUT2D eigenvalue weighted by Crippen LogP contribution is 2.60. The van der Waals surface area contributed by atoms with Gasteiger partial charge in [0.05, 0.1) is 5.52 Å². The average molecular weight is 578 g/mol. The number of nitrogens with zero attached hydrogens (tertiary/aromatic N) is 5. The standard InChI is InChI=1S/C30H39N5O5Si/c1-17-9-20(21-13-31-19(3)32-14-21)10-22-26(18(2)36)33-34(27(17)22)15-25(37)35-23(28(38)39)11-30(12-24(30)35)16-40-41(7,8)29(4,5)6/h9-10,13-14,23-24H,11-12,15-16H2,1-8H3,(H,38,39)/t23-,24+,30-/m0/s1. The molecule has 0 radical (unpaired) electrons. The molecule has 2 aliphatic rings. The molecule has 1 amide bonds. The first-order valence-corrected chi connectivity index (χ1v) is 16.9. The number of hydrogen-bond donors (Lipinski definition) is 1. The van der Waals surface area contributed by atoms with E-state index in [1.54, 1.807) is 17.1 Å². The molecule has 1 saturated carbocycles. The molecule has 0 spiro atoms. The van der Waals surface area contributed by atoms with E-state index >= 15 is 0 Å². The number of aromatic nitrogens is 4. The normalized spacial score (nSPS) is 22.2. The van der Waals surface area contributed by atoms with Crippen molar-refractivity contribution in [3.8, 4) is 11.1 Å². The summed E-state index contributed by atoms with van der Waals surface area (Å²) in [4.78, 5) is 48.8. The molecule has 3 atom stereocenters. The van der Waals surface area contributed by atoms with Gasteiger partial charge in [0.2, 0.25) is 5.91 Å². The monoisotopic (exact) mass is 577 g/mol. The van der Waals surface area contributed by atoms with Crippen LogP contribution in [0.2, 0.25) is 18.1 Å². The molecule has 10 nitrogen and oxygen atoms in total. The quantitative estimate of drug-likeness (QED) is 0.299. The Morgan fingerprint density at radius 3 is 2.34 bits per heavy atom. The van der Waals surface area contributed by atoms with Crippen LogP contribution in [0.4, 0.5) is 0 Å². The maximum atomic E-state index is 13.8. The number of hydrogen-bond acceptors (Lipinski definition) is 7. The highest BCUT2D eigenvalue weighted by molar-refractivity contribution is 6.74. The van der Waals surface area contributed by atoms with Crippen molar-refractivity contribution in [3.63, 3.8) is 0 Å². The molecule has 41 heavy (non-hydrogen) atoms. The smallest absolute Gasteiger partial charge is 0.326 e. The summed E-state index contributed by atoms with van der Waals surface area (Å²) >= 11 is 0. The molecule has 218 valence electrons. The first kappa shape index (κ1) is 29.1. The number of Topliss-reactive ketones (excluding diaryl/α,β-unsaturated/α-hetero) is 1. The third-order valence-corrected chi connectivity index (χ3v) is 13.8. The van der Waals surface area contributed by atoms with Gasteiger partial charge in [-0.15, -0.1) is 0 Å². The first-order chi connectivity index (χ1) is 19.0. The Morgan fingerprint density at radius 2 is 1.76 bits per heavy atom. The molecule has 0 unspecified atom stereocenters. The minimum atomic E-state index is -2.03. The second-order valence-electron chi connectivity index (χ2n) is 13.3. The molecular weight excluding hydrogens is 538 g/mol. The Bertz CT molecular complexity index is 1560. The second-order valence-corrected chi connectivity index (χ2v) is 18.1. The van der Waals surface area contributed by atoms with E-state index in [1.807, 2.05) is 26.0 Å². The molecule has 2 aromatic heterocycles. The molecule has 1 saturated heterocycles. The Labute approximate surface area is 241 Å². The maximum Gasteiger partial charge on any atom is 0.326 e. The lowest BCUT2D eigenvalue weighted by Gasteiger charge is -2.37. The van der Waals surface area contributed by atoms with E-state index in [1.165, 1.54) is 11.8 Å². The molecule has 1 aliphatic carbocycles. The predicted octanol–water partition coefficient (Wildman–Crippen LogP) is 4.78. The molecule has 11 heteroatoms. The Balaban J connectivity index is 1.44. The van der Waals surface area contributed by atoms with Gasteiger partial charge in [-0.2, -0.15) is 5.10 Å². The van der Waals surface area contributed by atoms with Crippen molar-refractivity contribution in [1.82, 2.24) is 24.6 Å². The zero-order valence-corrected chi connectivity index (χ0v) is 26.1. The van der Waals surface area contributed by atoms with E-state index in [0.29, 0.717) is 29.8 Å². The van der Waals surface area contributed by atoms with Crippen LogP contribution in [0.25, 0.3) is 22.0 Å². The van der Waals surface area contributed by atoms with Crippen LogP contribution in [0.3, 0.4) is 0 Å². The van der Waals surface area contributed by atoms with Crippen LogP contribution in [-0.4, -0.2) is 74.4 Å². The third kappa shape index (κ3) is 5.10. The molecule has 1 aliphatic heterocycles. The number of carbonyl (C=O) groups is 3. The number of fused-ring (bicyclic) bond motifs is 2. The minimum absolute atomic E-state index is 0.0358. The summed E-state index contributed by atoms with van der Waals surface area (Å²) in [5.41, 5.74) is 3.11. The highest BCUT2D eigenvalue weighted by atomic mass is 28.4. The van der Waals surface area contributed by atoms with Crippen LogP contribution < -0.4 is 0 Å². The number of carboxylic acid groups (broad SMARTS) is 1. The highest BCUT2D eigenvalue weighted by Gasteiger charge is 2.67. The summed E-state index contributed by atoms with van der Waals surface area (Å²) in [5.74, 6) is -0.876. The van der Waals surface area contributed by atoms with Gasteiger partial charge in [0.15, 0.2) is 14.1 Å². The van der Waals surface area contributed by atoms with E-state index in [2.05, 4.69) is 48.9 Å². The van der Waals surface area contributed by atoms with Crippen LogP contribution in [0.5, 0.6) is 0 Å². The van der Waals surface area contributed by atoms with Gasteiger partial charge in [-0.25, -0.2) is 14.8 Å². The maximum absolute atomic E-state index is 13.8. The molecular formula is C30H39N5O5Si. The summed E-state index contributed by atoms with van der Waals surface area (Å²) < 4.78 is 8.05. The summed E-state index contributed by atoms with van der Waals surface area (Å²) in [6, 6.07) is 2.75. The fraction of sp³-hybridized carbons (Fsp3) is 0.533. The fourth-order valence-electron chi connectivity index (χ4n) is 5.77. The van der Waals surface area contributed by atoms with Gasteiger partial charge in [0.25, 0.3) is 0 Å². The molecule has 0 bridgehead atoms. The minimum Gasteiger partial charge on any atom is -0.480 e. The van der Waals surface area contributed by atoms with Crippen LogP contribution in [-0.2, 0) is 20.6 Å². The van der Waals surface area contributed by atoms with Crippen molar-refractivity contribution in [2.45, 2.75) is 91.1 Å². The topological polar surface area (TPSA) is 128 Å². The van der Waals surface area contributed by atoms with Crippen molar-refractivity contribution < 1.29 is 23.9 Å². The van der Waals surface area contributed by atoms with Crippen LogP contribution in [0.1, 0.15) is 62.4 Å². The van der Waals surface area contributed by atoms with Gasteiger partial charge < -0.3 is 14.4 Å². The zero-order chi connectivity index (χ0) is 30.1. The van der Waals surface area contributed by atoms with Crippen molar-refractivity contribution in [1.29, 1.82) is 0 Å². The van der Waals surface area contributed by atoms with E-state index in [9.17, 15) is 19.5 Å². The third-order valence-electron chi connectivity index (χ3n) is 9.28. The number of carbonyl (C=O) groups excluding carboxylic acids is 2.